The third kappa shape index (κ3) is 5.31. The lowest BCUT2D eigenvalue weighted by Gasteiger charge is -2.27. The van der Waals surface area contributed by atoms with Crippen LogP contribution in [0, 0.1) is 12.8 Å². The predicted molar refractivity (Wildman–Crippen MR) is 132 cm³/mol. The molecule has 1 aliphatic rings. The second kappa shape index (κ2) is 10.3. The maximum absolute atomic E-state index is 13.1. The first kappa shape index (κ1) is 27.4. The van der Waals surface area contributed by atoms with E-state index in [4.69, 9.17) is 0 Å². The zero-order valence-corrected chi connectivity index (χ0v) is 21.4. The number of sulfone groups is 1. The molecule has 1 aromatic carbocycles. The van der Waals surface area contributed by atoms with Crippen molar-refractivity contribution in [2.24, 2.45) is 5.92 Å². The highest BCUT2D eigenvalue weighted by Gasteiger charge is 2.46. The number of hydrogen-bond acceptors (Lipinski definition) is 7. The van der Waals surface area contributed by atoms with E-state index in [1.807, 2.05) is 7.05 Å². The molecule has 1 amide bonds. The number of likely N-dealkylation sites (tertiary alicyclic amines) is 1. The smallest absolute Gasteiger partial charge is 0.493 e. The van der Waals surface area contributed by atoms with Crippen molar-refractivity contribution in [3.8, 4) is 11.6 Å². The van der Waals surface area contributed by atoms with Gasteiger partial charge in [-0.1, -0.05) is 0 Å². The Morgan fingerprint density at radius 1 is 1.16 bits per heavy atom. The lowest BCUT2D eigenvalue weighted by Crippen LogP contribution is -2.36. The topological polar surface area (TPSA) is 127 Å². The molecule has 0 aliphatic carbocycles. The molecule has 0 bridgehead atoms. The molecule has 14 heteroatoms. The van der Waals surface area contributed by atoms with Crippen molar-refractivity contribution in [2.45, 2.75) is 36.7 Å². The van der Waals surface area contributed by atoms with Gasteiger partial charge in [0.1, 0.15) is 5.82 Å². The Balaban J connectivity index is 1.56. The lowest BCUT2D eigenvalue weighted by molar-refractivity contribution is -0.121. The first-order valence-corrected chi connectivity index (χ1v) is 13.1. The Morgan fingerprint density at radius 3 is 2.39 bits per heavy atom. The summed E-state index contributed by atoms with van der Waals surface area (Å²) in [6.45, 7) is 3.15. The monoisotopic (exact) mass is 553 g/mol. The van der Waals surface area contributed by atoms with Crippen LogP contribution in [0.15, 0.2) is 52.3 Å². The Kier molecular flexibility index (Phi) is 7.39. The van der Waals surface area contributed by atoms with Crippen molar-refractivity contribution in [3.05, 3.63) is 64.3 Å². The maximum Gasteiger partial charge on any atom is 0.501 e. The summed E-state index contributed by atoms with van der Waals surface area (Å²) in [6.07, 6.45) is 2.97. The number of aromatic hydroxyl groups is 1. The zero-order valence-electron chi connectivity index (χ0n) is 20.6. The average molecular weight is 554 g/mol. The number of aromatic nitrogens is 3. The summed E-state index contributed by atoms with van der Waals surface area (Å²) in [6, 6.07) is 6.71. The van der Waals surface area contributed by atoms with Crippen LogP contribution >= 0.6 is 0 Å². The standard InChI is InChI=1S/C24H26F3N5O5S/c1-15-22(34)32(18-3-5-19(6-4-18)38(36,37)24(25,26)27)23(35)31(15)14-16-7-10-28-20(13-16)29-21(33)17-8-11-30(2)12-9-17/h3-7,10,13,17,34H,8-9,11-12,14H2,1-2H3,(H,28,29,33). The van der Waals surface area contributed by atoms with Gasteiger partial charge in [0.15, 0.2) is 0 Å². The number of hydrogen-bond donors (Lipinski definition) is 2. The van der Waals surface area contributed by atoms with E-state index in [-0.39, 0.29) is 29.8 Å². The van der Waals surface area contributed by atoms with Crippen LogP contribution in [0.5, 0.6) is 5.88 Å². The van der Waals surface area contributed by atoms with Crippen LogP contribution in [0.1, 0.15) is 24.1 Å². The minimum Gasteiger partial charge on any atom is -0.493 e. The zero-order chi connectivity index (χ0) is 27.8. The number of imidazole rings is 1. The molecule has 0 saturated carbocycles. The van der Waals surface area contributed by atoms with Gasteiger partial charge in [-0.3, -0.25) is 9.36 Å². The van der Waals surface area contributed by atoms with Crippen molar-refractivity contribution in [2.75, 3.05) is 25.5 Å². The van der Waals surface area contributed by atoms with Gasteiger partial charge in [-0.25, -0.2) is 22.8 Å². The highest BCUT2D eigenvalue weighted by molar-refractivity contribution is 7.92. The van der Waals surface area contributed by atoms with Crippen LogP contribution < -0.4 is 11.0 Å². The number of carbonyl (C=O) groups excluding carboxylic acids is 1. The third-order valence-electron chi connectivity index (χ3n) is 6.58. The number of halogens is 3. The van der Waals surface area contributed by atoms with Crippen molar-refractivity contribution in [3.63, 3.8) is 0 Å². The van der Waals surface area contributed by atoms with E-state index in [1.165, 1.54) is 17.7 Å². The number of nitrogens with zero attached hydrogens (tertiary/aromatic N) is 4. The van der Waals surface area contributed by atoms with Gasteiger partial charge in [0.2, 0.25) is 11.8 Å². The van der Waals surface area contributed by atoms with Gasteiger partial charge in [0, 0.05) is 12.1 Å². The fourth-order valence-corrected chi connectivity index (χ4v) is 5.05. The molecule has 0 radical (unpaired) electrons. The molecule has 0 atom stereocenters. The van der Waals surface area contributed by atoms with Gasteiger partial charge >= 0.3 is 11.2 Å². The number of carbonyl (C=O) groups is 1. The molecule has 10 nitrogen and oxygen atoms in total. The summed E-state index contributed by atoms with van der Waals surface area (Å²) < 4.78 is 63.8. The quantitative estimate of drug-likeness (QED) is 0.481. The molecule has 0 unspecified atom stereocenters. The second-order valence-electron chi connectivity index (χ2n) is 9.17. The molecule has 204 valence electrons. The number of amides is 1. The van der Waals surface area contributed by atoms with E-state index in [0.29, 0.717) is 11.4 Å². The van der Waals surface area contributed by atoms with E-state index in [2.05, 4.69) is 15.2 Å². The van der Waals surface area contributed by atoms with E-state index < -0.39 is 31.8 Å². The first-order valence-electron chi connectivity index (χ1n) is 11.7. The molecule has 1 aliphatic heterocycles. The molecule has 3 aromatic rings. The Labute approximate surface area is 216 Å². The largest absolute Gasteiger partial charge is 0.501 e. The van der Waals surface area contributed by atoms with Gasteiger partial charge in [-0.05, 0) is 81.9 Å². The SMILES string of the molecule is Cc1c(O)n(-c2ccc(S(=O)(=O)C(F)(F)F)cc2)c(=O)n1Cc1ccnc(NC(=O)C2CCN(C)CC2)c1. The fraction of sp³-hybridized carbons (Fsp3) is 0.375. The number of pyridine rings is 1. The number of nitrogens with one attached hydrogen (secondary N) is 1. The molecular formula is C24H26F3N5O5S. The van der Waals surface area contributed by atoms with Crippen molar-refractivity contribution in [1.29, 1.82) is 0 Å². The molecule has 4 rings (SSSR count). The summed E-state index contributed by atoms with van der Waals surface area (Å²) in [4.78, 5) is 31.1. The maximum atomic E-state index is 13.1. The summed E-state index contributed by atoms with van der Waals surface area (Å²) in [5, 5.41) is 13.4. The van der Waals surface area contributed by atoms with Crippen LogP contribution in [0.2, 0.25) is 0 Å². The first-order chi connectivity index (χ1) is 17.8. The third-order valence-corrected chi connectivity index (χ3v) is 8.08. The van der Waals surface area contributed by atoms with E-state index in [9.17, 15) is 36.3 Å². The van der Waals surface area contributed by atoms with Crippen LogP contribution in [0.25, 0.3) is 5.69 Å². The number of anilines is 1. The average Bonchev–Trinajstić information content (AvgIpc) is 3.07. The van der Waals surface area contributed by atoms with Gasteiger partial charge in [0.25, 0.3) is 9.84 Å². The van der Waals surface area contributed by atoms with E-state index in [1.54, 1.807) is 12.1 Å². The van der Waals surface area contributed by atoms with Crippen molar-refractivity contribution >= 4 is 21.6 Å². The lowest BCUT2D eigenvalue weighted by atomic mass is 9.96. The van der Waals surface area contributed by atoms with Gasteiger partial charge in [0.05, 0.1) is 22.8 Å². The number of alkyl halides is 3. The molecule has 2 N–H and O–H groups in total. The molecular weight excluding hydrogens is 527 g/mol. The Hall–Kier alpha value is -3.65. The summed E-state index contributed by atoms with van der Waals surface area (Å²) in [5.74, 6) is -0.380. The summed E-state index contributed by atoms with van der Waals surface area (Å²) >= 11 is 0. The van der Waals surface area contributed by atoms with Crippen LogP contribution in [0.3, 0.4) is 0 Å². The van der Waals surface area contributed by atoms with Crippen molar-refractivity contribution in [1.82, 2.24) is 19.0 Å². The normalized spacial score (nSPS) is 15.5. The number of rotatable bonds is 6. The molecule has 38 heavy (non-hydrogen) atoms. The Morgan fingerprint density at radius 2 is 1.79 bits per heavy atom. The minimum absolute atomic E-state index is 0.00533. The Bertz CT molecular complexity index is 1510. The van der Waals surface area contributed by atoms with Crippen LogP contribution in [-0.4, -0.2) is 64.1 Å². The predicted octanol–water partition coefficient (Wildman–Crippen LogP) is 2.67. The second-order valence-corrected chi connectivity index (χ2v) is 11.1. The highest BCUT2D eigenvalue weighted by atomic mass is 32.2. The highest BCUT2D eigenvalue weighted by Crippen LogP contribution is 2.31. The number of benzene rings is 1. The molecule has 2 aromatic heterocycles. The molecule has 3 heterocycles. The van der Waals surface area contributed by atoms with Gasteiger partial charge in [-0.2, -0.15) is 13.2 Å². The van der Waals surface area contributed by atoms with E-state index in [0.717, 1.165) is 54.8 Å². The van der Waals surface area contributed by atoms with Crippen LogP contribution in [0.4, 0.5) is 19.0 Å². The summed E-state index contributed by atoms with van der Waals surface area (Å²) in [7, 11) is -3.55. The van der Waals surface area contributed by atoms with Crippen LogP contribution in [-0.2, 0) is 21.2 Å². The molecule has 1 saturated heterocycles. The number of piperidine rings is 1. The molecule has 1 fully saturated rings. The van der Waals surface area contributed by atoms with Gasteiger partial charge < -0.3 is 15.3 Å². The fourth-order valence-electron chi connectivity index (χ4n) is 4.29. The van der Waals surface area contributed by atoms with E-state index >= 15 is 0 Å². The van der Waals surface area contributed by atoms with Crippen molar-refractivity contribution < 1.29 is 31.5 Å². The minimum atomic E-state index is -5.55. The summed E-state index contributed by atoms with van der Waals surface area (Å²) in [5.41, 5.74) is -5.40. The molecule has 0 spiro atoms. The van der Waals surface area contributed by atoms with Gasteiger partial charge in [-0.15, -0.1) is 0 Å².